The van der Waals surface area contributed by atoms with Gasteiger partial charge >= 0.3 is 0 Å². The van der Waals surface area contributed by atoms with Crippen LogP contribution in [0.4, 0.5) is 0 Å². The molecule has 1 heterocycles. The number of aryl methyl sites for hydroxylation is 1. The predicted octanol–water partition coefficient (Wildman–Crippen LogP) is 4.17. The van der Waals surface area contributed by atoms with Gasteiger partial charge in [-0.15, -0.1) is 11.3 Å². The molecule has 1 atom stereocenters. The highest BCUT2D eigenvalue weighted by Gasteiger charge is 2.51. The van der Waals surface area contributed by atoms with Gasteiger partial charge in [-0.1, -0.05) is 0 Å². The summed E-state index contributed by atoms with van der Waals surface area (Å²) in [7, 11) is 0. The summed E-state index contributed by atoms with van der Waals surface area (Å²) in [6.07, 6.45) is 10.3. The SMILES string of the molecule is Cc1ccc(C(CC23CC4CC(CC(C4)C2)C3)NN)s1. The smallest absolute Gasteiger partial charge is 0.0558 e. The summed E-state index contributed by atoms with van der Waals surface area (Å²) in [5, 5.41) is 0. The van der Waals surface area contributed by atoms with Crippen LogP contribution >= 0.6 is 11.3 Å². The summed E-state index contributed by atoms with van der Waals surface area (Å²) in [5.74, 6) is 9.00. The van der Waals surface area contributed by atoms with Crippen LogP contribution in [-0.2, 0) is 0 Å². The zero-order valence-corrected chi connectivity index (χ0v) is 13.2. The van der Waals surface area contributed by atoms with Gasteiger partial charge in [0.2, 0.25) is 0 Å². The van der Waals surface area contributed by atoms with Crippen LogP contribution in [0.3, 0.4) is 0 Å². The van der Waals surface area contributed by atoms with Crippen LogP contribution in [0.1, 0.15) is 60.7 Å². The van der Waals surface area contributed by atoms with Crippen LogP contribution in [0.5, 0.6) is 0 Å². The van der Waals surface area contributed by atoms with Crippen LogP contribution in [0.25, 0.3) is 0 Å². The van der Waals surface area contributed by atoms with Gasteiger partial charge in [0.05, 0.1) is 6.04 Å². The van der Waals surface area contributed by atoms with E-state index >= 15 is 0 Å². The first-order valence-corrected chi connectivity index (χ1v) is 9.00. The van der Waals surface area contributed by atoms with E-state index < -0.39 is 0 Å². The Balaban J connectivity index is 1.55. The largest absolute Gasteiger partial charge is 0.271 e. The molecule has 1 aromatic heterocycles. The molecule has 0 aromatic carbocycles. The summed E-state index contributed by atoms with van der Waals surface area (Å²) in [6, 6.07) is 4.86. The minimum Gasteiger partial charge on any atom is -0.271 e. The van der Waals surface area contributed by atoms with Gasteiger partial charge < -0.3 is 0 Å². The van der Waals surface area contributed by atoms with Crippen molar-refractivity contribution >= 4 is 11.3 Å². The summed E-state index contributed by atoms with van der Waals surface area (Å²) < 4.78 is 0. The maximum atomic E-state index is 5.90. The molecule has 1 unspecified atom stereocenters. The molecule has 1 aromatic rings. The summed E-state index contributed by atoms with van der Waals surface area (Å²) >= 11 is 1.91. The van der Waals surface area contributed by atoms with Gasteiger partial charge in [-0.25, -0.2) is 0 Å². The van der Waals surface area contributed by atoms with Crippen molar-refractivity contribution in [1.29, 1.82) is 0 Å². The van der Waals surface area contributed by atoms with E-state index in [1.807, 2.05) is 11.3 Å². The predicted molar refractivity (Wildman–Crippen MR) is 84.3 cm³/mol. The van der Waals surface area contributed by atoms with Crippen molar-refractivity contribution in [2.24, 2.45) is 29.0 Å². The molecule has 0 spiro atoms. The van der Waals surface area contributed by atoms with Crippen molar-refractivity contribution < 1.29 is 0 Å². The van der Waals surface area contributed by atoms with Crippen LogP contribution in [0, 0.1) is 30.1 Å². The lowest BCUT2D eigenvalue weighted by Gasteiger charge is -2.57. The first-order chi connectivity index (χ1) is 9.66. The van der Waals surface area contributed by atoms with Gasteiger partial charge in [0.1, 0.15) is 0 Å². The highest BCUT2D eigenvalue weighted by Crippen LogP contribution is 2.62. The zero-order chi connectivity index (χ0) is 13.7. The number of hydrazine groups is 1. The Morgan fingerprint density at radius 2 is 1.80 bits per heavy atom. The first kappa shape index (κ1) is 13.3. The van der Waals surface area contributed by atoms with Crippen molar-refractivity contribution in [2.75, 3.05) is 0 Å². The number of hydrogen-bond donors (Lipinski definition) is 2. The first-order valence-electron chi connectivity index (χ1n) is 8.18. The number of rotatable bonds is 4. The van der Waals surface area contributed by atoms with Gasteiger partial charge in [0.15, 0.2) is 0 Å². The molecule has 110 valence electrons. The lowest BCUT2D eigenvalue weighted by atomic mass is 9.48. The number of thiophene rings is 1. The molecule has 0 amide bonds. The van der Waals surface area contributed by atoms with E-state index in [9.17, 15) is 0 Å². The van der Waals surface area contributed by atoms with Crippen LogP contribution in [-0.4, -0.2) is 0 Å². The third-order valence-electron chi connectivity index (χ3n) is 6.11. The second kappa shape index (κ2) is 4.82. The fraction of sp³-hybridized carbons (Fsp3) is 0.765. The lowest BCUT2D eigenvalue weighted by molar-refractivity contribution is -0.0621. The molecule has 20 heavy (non-hydrogen) atoms. The summed E-state index contributed by atoms with van der Waals surface area (Å²) in [5.41, 5.74) is 3.72. The van der Waals surface area contributed by atoms with Crippen LogP contribution in [0.2, 0.25) is 0 Å². The fourth-order valence-electron chi connectivity index (χ4n) is 5.86. The van der Waals surface area contributed by atoms with Crippen molar-refractivity contribution in [3.8, 4) is 0 Å². The Kier molecular flexibility index (Phi) is 3.21. The van der Waals surface area contributed by atoms with E-state index in [1.165, 1.54) is 54.7 Å². The van der Waals surface area contributed by atoms with Crippen molar-refractivity contribution in [1.82, 2.24) is 5.43 Å². The van der Waals surface area contributed by atoms with E-state index in [-0.39, 0.29) is 0 Å². The van der Waals surface area contributed by atoms with Gasteiger partial charge in [0, 0.05) is 9.75 Å². The molecule has 2 nitrogen and oxygen atoms in total. The Bertz CT molecular complexity index is 458. The molecular weight excluding hydrogens is 264 g/mol. The second-order valence-corrected chi connectivity index (χ2v) is 9.11. The molecule has 3 N–H and O–H groups in total. The molecule has 4 aliphatic rings. The normalized spacial score (nSPS) is 40.2. The Morgan fingerprint density at radius 3 is 2.25 bits per heavy atom. The highest BCUT2D eigenvalue weighted by molar-refractivity contribution is 7.12. The Hall–Kier alpha value is -0.380. The van der Waals surface area contributed by atoms with Gasteiger partial charge in [0.25, 0.3) is 0 Å². The van der Waals surface area contributed by atoms with E-state index in [1.54, 1.807) is 0 Å². The lowest BCUT2D eigenvalue weighted by Crippen LogP contribution is -2.47. The molecule has 0 radical (unpaired) electrons. The second-order valence-electron chi connectivity index (χ2n) is 7.79. The molecule has 3 heteroatoms. The van der Waals surface area contributed by atoms with Crippen molar-refractivity contribution in [2.45, 2.75) is 57.9 Å². The van der Waals surface area contributed by atoms with E-state index in [4.69, 9.17) is 5.84 Å². The molecule has 0 aliphatic heterocycles. The number of hydrogen-bond acceptors (Lipinski definition) is 3. The zero-order valence-electron chi connectivity index (χ0n) is 12.4. The van der Waals surface area contributed by atoms with Gasteiger partial charge in [-0.05, 0) is 87.2 Å². The molecule has 0 saturated heterocycles. The van der Waals surface area contributed by atoms with Crippen molar-refractivity contribution in [3.63, 3.8) is 0 Å². The molecular formula is C17H26N2S. The summed E-state index contributed by atoms with van der Waals surface area (Å²) in [6.45, 7) is 2.19. The molecule has 4 aliphatic carbocycles. The van der Waals surface area contributed by atoms with Crippen molar-refractivity contribution in [3.05, 3.63) is 21.9 Å². The average molecular weight is 290 g/mol. The molecule has 4 bridgehead atoms. The van der Waals surface area contributed by atoms with Crippen LogP contribution < -0.4 is 11.3 Å². The Morgan fingerprint density at radius 1 is 1.20 bits per heavy atom. The van der Waals surface area contributed by atoms with E-state index in [2.05, 4.69) is 24.5 Å². The average Bonchev–Trinajstić information content (AvgIpc) is 2.81. The molecule has 4 saturated carbocycles. The monoisotopic (exact) mass is 290 g/mol. The molecule has 4 fully saturated rings. The van der Waals surface area contributed by atoms with Gasteiger partial charge in [-0.2, -0.15) is 0 Å². The maximum absolute atomic E-state index is 5.90. The third kappa shape index (κ3) is 2.24. The van der Waals surface area contributed by atoms with Gasteiger partial charge in [-0.3, -0.25) is 11.3 Å². The Labute approximate surface area is 126 Å². The fourth-order valence-corrected chi connectivity index (χ4v) is 6.79. The van der Waals surface area contributed by atoms with E-state index in [0.717, 1.165) is 17.8 Å². The third-order valence-corrected chi connectivity index (χ3v) is 7.22. The number of nitrogens with one attached hydrogen (secondary N) is 1. The standard InChI is InChI=1S/C17H26N2S/c1-11-2-3-16(20-11)15(19-18)10-17-7-12-4-13(8-17)6-14(5-12)9-17/h2-3,12-15,19H,4-10,18H2,1H3. The summed E-state index contributed by atoms with van der Waals surface area (Å²) in [4.78, 5) is 2.83. The highest BCUT2D eigenvalue weighted by atomic mass is 32.1. The molecule has 5 rings (SSSR count). The van der Waals surface area contributed by atoms with Crippen LogP contribution in [0.15, 0.2) is 12.1 Å². The van der Waals surface area contributed by atoms with E-state index in [0.29, 0.717) is 11.5 Å². The topological polar surface area (TPSA) is 38.0 Å². The minimum absolute atomic E-state index is 0.366. The quantitative estimate of drug-likeness (QED) is 0.645. The maximum Gasteiger partial charge on any atom is 0.0558 e. The minimum atomic E-state index is 0.366. The number of nitrogens with two attached hydrogens (primary N) is 1.